The summed E-state index contributed by atoms with van der Waals surface area (Å²) in [4.78, 5) is 15.9. The van der Waals surface area contributed by atoms with Gasteiger partial charge in [-0.2, -0.15) is 11.8 Å². The Morgan fingerprint density at radius 1 is 1.27 bits per heavy atom. The minimum absolute atomic E-state index is 0.332. The molecule has 0 aliphatic carbocycles. The molecule has 3 nitrogen and oxygen atoms in total. The summed E-state index contributed by atoms with van der Waals surface area (Å²) in [6, 6.07) is 0. The summed E-state index contributed by atoms with van der Waals surface area (Å²) in [7, 11) is 4.13. The Bertz CT molecular complexity index is 191. The molecule has 1 heterocycles. The standard InChI is InChI=1S/C11H22N2OS/c1-12(2)8-9-15-10-11(14)13-6-4-3-5-7-13/h3-10H2,1-2H3. The Morgan fingerprint density at radius 3 is 2.53 bits per heavy atom. The molecule has 0 radical (unpaired) electrons. The van der Waals surface area contributed by atoms with Gasteiger partial charge in [-0.05, 0) is 33.4 Å². The number of carbonyl (C=O) groups is 1. The van der Waals surface area contributed by atoms with Crippen LogP contribution in [-0.2, 0) is 4.79 Å². The average Bonchev–Trinajstić information content (AvgIpc) is 2.25. The molecule has 1 saturated heterocycles. The molecule has 1 aliphatic rings. The van der Waals surface area contributed by atoms with E-state index in [1.54, 1.807) is 11.8 Å². The van der Waals surface area contributed by atoms with E-state index in [4.69, 9.17) is 0 Å². The monoisotopic (exact) mass is 230 g/mol. The van der Waals surface area contributed by atoms with Gasteiger partial charge in [-0.15, -0.1) is 0 Å². The Kier molecular flexibility index (Phi) is 6.10. The van der Waals surface area contributed by atoms with E-state index in [1.807, 2.05) is 4.90 Å². The second-order valence-corrected chi connectivity index (χ2v) is 5.40. The highest BCUT2D eigenvalue weighted by molar-refractivity contribution is 7.99. The lowest BCUT2D eigenvalue weighted by Gasteiger charge is -2.26. The predicted octanol–water partition coefficient (Wildman–Crippen LogP) is 1.29. The Labute approximate surface area is 97.2 Å². The van der Waals surface area contributed by atoms with E-state index >= 15 is 0 Å². The molecule has 0 unspecified atom stereocenters. The van der Waals surface area contributed by atoms with Gasteiger partial charge in [0.2, 0.25) is 5.91 Å². The number of thioether (sulfide) groups is 1. The fourth-order valence-corrected chi connectivity index (χ4v) is 2.64. The zero-order valence-electron chi connectivity index (χ0n) is 9.87. The molecule has 0 aromatic heterocycles. The van der Waals surface area contributed by atoms with Crippen LogP contribution in [0.25, 0.3) is 0 Å². The molecule has 1 rings (SSSR count). The van der Waals surface area contributed by atoms with Crippen LogP contribution in [0, 0.1) is 0 Å². The average molecular weight is 230 g/mol. The first kappa shape index (κ1) is 12.8. The van der Waals surface area contributed by atoms with Gasteiger partial charge in [0, 0.05) is 25.4 Å². The molecule has 4 heteroatoms. The van der Waals surface area contributed by atoms with Crippen molar-refractivity contribution in [3.63, 3.8) is 0 Å². The van der Waals surface area contributed by atoms with E-state index in [0.717, 1.165) is 25.4 Å². The molecule has 0 N–H and O–H groups in total. The summed E-state index contributed by atoms with van der Waals surface area (Å²) in [5.74, 6) is 2.04. The highest BCUT2D eigenvalue weighted by Crippen LogP contribution is 2.11. The molecule has 0 saturated carbocycles. The fraction of sp³-hybridized carbons (Fsp3) is 0.909. The van der Waals surface area contributed by atoms with Crippen molar-refractivity contribution in [1.82, 2.24) is 9.80 Å². The van der Waals surface area contributed by atoms with Crippen LogP contribution in [0.2, 0.25) is 0 Å². The number of hydrogen-bond acceptors (Lipinski definition) is 3. The zero-order valence-corrected chi connectivity index (χ0v) is 10.7. The third kappa shape index (κ3) is 5.42. The van der Waals surface area contributed by atoms with E-state index < -0.39 is 0 Å². The van der Waals surface area contributed by atoms with Crippen LogP contribution in [0.3, 0.4) is 0 Å². The lowest BCUT2D eigenvalue weighted by atomic mass is 10.1. The number of piperidine rings is 1. The van der Waals surface area contributed by atoms with Gasteiger partial charge in [0.05, 0.1) is 5.75 Å². The predicted molar refractivity (Wildman–Crippen MR) is 66.3 cm³/mol. The topological polar surface area (TPSA) is 23.6 Å². The van der Waals surface area contributed by atoms with Gasteiger partial charge < -0.3 is 9.80 Å². The van der Waals surface area contributed by atoms with Crippen molar-refractivity contribution in [2.45, 2.75) is 19.3 Å². The van der Waals surface area contributed by atoms with Crippen LogP contribution < -0.4 is 0 Å². The third-order valence-corrected chi connectivity index (χ3v) is 3.54. The van der Waals surface area contributed by atoms with Crippen molar-refractivity contribution in [2.24, 2.45) is 0 Å². The molecule has 1 aliphatic heterocycles. The number of hydrogen-bond donors (Lipinski definition) is 0. The molecule has 88 valence electrons. The SMILES string of the molecule is CN(C)CCSCC(=O)N1CCCCC1. The van der Waals surface area contributed by atoms with Crippen LogP contribution in [0.1, 0.15) is 19.3 Å². The molecular formula is C11H22N2OS. The molecule has 1 amide bonds. The lowest BCUT2D eigenvalue weighted by molar-refractivity contribution is -0.129. The third-order valence-electron chi connectivity index (χ3n) is 2.62. The minimum atomic E-state index is 0.332. The largest absolute Gasteiger partial charge is 0.342 e. The maximum absolute atomic E-state index is 11.7. The Hall–Kier alpha value is -0.220. The van der Waals surface area contributed by atoms with Gasteiger partial charge in [0.15, 0.2) is 0 Å². The van der Waals surface area contributed by atoms with Crippen molar-refractivity contribution in [2.75, 3.05) is 45.2 Å². The van der Waals surface area contributed by atoms with Crippen molar-refractivity contribution >= 4 is 17.7 Å². The van der Waals surface area contributed by atoms with Crippen molar-refractivity contribution < 1.29 is 4.79 Å². The molecule has 1 fully saturated rings. The highest BCUT2D eigenvalue weighted by Gasteiger charge is 2.15. The Morgan fingerprint density at radius 2 is 1.93 bits per heavy atom. The minimum Gasteiger partial charge on any atom is -0.342 e. The summed E-state index contributed by atoms with van der Waals surface area (Å²) >= 11 is 1.75. The molecule has 0 atom stereocenters. The molecule has 0 aromatic rings. The molecule has 0 bridgehead atoms. The highest BCUT2D eigenvalue weighted by atomic mass is 32.2. The smallest absolute Gasteiger partial charge is 0.232 e. The van der Waals surface area contributed by atoms with Gasteiger partial charge in [0.25, 0.3) is 0 Å². The van der Waals surface area contributed by atoms with Gasteiger partial charge >= 0.3 is 0 Å². The quantitative estimate of drug-likeness (QED) is 0.665. The van der Waals surface area contributed by atoms with Crippen LogP contribution in [-0.4, -0.2) is 60.9 Å². The molecular weight excluding hydrogens is 208 g/mol. The van der Waals surface area contributed by atoms with E-state index in [2.05, 4.69) is 19.0 Å². The number of likely N-dealkylation sites (tertiary alicyclic amines) is 1. The summed E-state index contributed by atoms with van der Waals surface area (Å²) in [5, 5.41) is 0. The molecule has 15 heavy (non-hydrogen) atoms. The second kappa shape index (κ2) is 7.12. The molecule has 0 aromatic carbocycles. The lowest BCUT2D eigenvalue weighted by Crippen LogP contribution is -2.36. The van der Waals surface area contributed by atoms with E-state index in [-0.39, 0.29) is 0 Å². The van der Waals surface area contributed by atoms with E-state index in [0.29, 0.717) is 11.7 Å². The summed E-state index contributed by atoms with van der Waals surface area (Å²) in [6.07, 6.45) is 3.67. The first-order valence-corrected chi connectivity index (χ1v) is 6.86. The number of nitrogens with zero attached hydrogens (tertiary/aromatic N) is 2. The maximum Gasteiger partial charge on any atom is 0.232 e. The van der Waals surface area contributed by atoms with Crippen molar-refractivity contribution in [3.8, 4) is 0 Å². The normalized spacial score (nSPS) is 17.1. The maximum atomic E-state index is 11.7. The van der Waals surface area contributed by atoms with E-state index in [1.165, 1.54) is 19.3 Å². The van der Waals surface area contributed by atoms with Crippen LogP contribution in [0.5, 0.6) is 0 Å². The van der Waals surface area contributed by atoms with Crippen LogP contribution >= 0.6 is 11.8 Å². The van der Waals surface area contributed by atoms with Gasteiger partial charge in [-0.25, -0.2) is 0 Å². The van der Waals surface area contributed by atoms with E-state index in [9.17, 15) is 4.79 Å². The Balaban J connectivity index is 2.07. The van der Waals surface area contributed by atoms with Gasteiger partial charge in [-0.1, -0.05) is 0 Å². The second-order valence-electron chi connectivity index (χ2n) is 4.30. The van der Waals surface area contributed by atoms with Gasteiger partial charge in [0.1, 0.15) is 0 Å². The fourth-order valence-electron chi connectivity index (χ4n) is 1.64. The first-order valence-electron chi connectivity index (χ1n) is 5.70. The zero-order chi connectivity index (χ0) is 11.1. The summed E-state index contributed by atoms with van der Waals surface area (Å²) in [5.41, 5.74) is 0. The summed E-state index contributed by atoms with van der Waals surface area (Å²) < 4.78 is 0. The van der Waals surface area contributed by atoms with Crippen molar-refractivity contribution in [3.05, 3.63) is 0 Å². The van der Waals surface area contributed by atoms with Crippen molar-refractivity contribution in [1.29, 1.82) is 0 Å². The van der Waals surface area contributed by atoms with Crippen LogP contribution in [0.15, 0.2) is 0 Å². The number of rotatable bonds is 5. The number of amides is 1. The number of carbonyl (C=O) groups excluding carboxylic acids is 1. The molecule has 0 spiro atoms. The first-order chi connectivity index (χ1) is 7.20. The van der Waals surface area contributed by atoms with Gasteiger partial charge in [-0.3, -0.25) is 4.79 Å². The summed E-state index contributed by atoms with van der Waals surface area (Å²) in [6.45, 7) is 3.01. The van der Waals surface area contributed by atoms with Crippen LogP contribution in [0.4, 0.5) is 0 Å².